The zero-order chi connectivity index (χ0) is 15.8. The largest absolute Gasteiger partial charge is 0.496 e. The zero-order valence-electron chi connectivity index (χ0n) is 12.1. The van der Waals surface area contributed by atoms with Gasteiger partial charge in [0.15, 0.2) is 5.75 Å². The molecule has 0 heterocycles. The summed E-state index contributed by atoms with van der Waals surface area (Å²) >= 11 is 0. The molecule has 0 aliphatic heterocycles. The van der Waals surface area contributed by atoms with Gasteiger partial charge in [-0.15, -0.1) is 0 Å². The number of methoxy groups -OCH3 is 2. The van der Waals surface area contributed by atoms with E-state index in [9.17, 15) is 13.2 Å². The van der Waals surface area contributed by atoms with Gasteiger partial charge >= 0.3 is 0 Å². The van der Waals surface area contributed by atoms with Crippen LogP contribution < -0.4 is 19.9 Å². The van der Waals surface area contributed by atoms with Crippen molar-refractivity contribution in [2.24, 2.45) is 5.14 Å². The molecule has 1 aromatic carbocycles. The number of nitrogens with two attached hydrogens (primary N) is 1. The van der Waals surface area contributed by atoms with E-state index in [1.807, 2.05) is 6.92 Å². The standard InChI is InChI=1S/C13H18N2O5S/c1-13(6-7-13)15-12(16)10-8(19-2)4-5-9(11(10)20-3)21(14,17)18/h4-5H,6-7H2,1-3H3,(H,15,16)(H2,14,17,18). The van der Waals surface area contributed by atoms with Crippen LogP contribution in [0.2, 0.25) is 0 Å². The van der Waals surface area contributed by atoms with E-state index in [0.29, 0.717) is 0 Å². The lowest BCUT2D eigenvalue weighted by Gasteiger charge is -2.18. The number of carbonyl (C=O) groups excluding carboxylic acids is 1. The van der Waals surface area contributed by atoms with Crippen molar-refractivity contribution in [2.75, 3.05) is 14.2 Å². The second-order valence-electron chi connectivity index (χ2n) is 5.23. The van der Waals surface area contributed by atoms with E-state index in [4.69, 9.17) is 14.6 Å². The van der Waals surface area contributed by atoms with Crippen molar-refractivity contribution in [3.63, 3.8) is 0 Å². The molecule has 1 aliphatic rings. The Bertz CT molecular complexity index is 680. The molecule has 0 atom stereocenters. The highest BCUT2D eigenvalue weighted by molar-refractivity contribution is 7.89. The van der Waals surface area contributed by atoms with Crippen LogP contribution in [0.5, 0.6) is 11.5 Å². The summed E-state index contributed by atoms with van der Waals surface area (Å²) in [6, 6.07) is 2.63. The maximum absolute atomic E-state index is 12.4. The summed E-state index contributed by atoms with van der Waals surface area (Å²) in [6.07, 6.45) is 1.75. The van der Waals surface area contributed by atoms with Crippen molar-refractivity contribution in [1.29, 1.82) is 0 Å². The quantitative estimate of drug-likeness (QED) is 0.829. The highest BCUT2D eigenvalue weighted by Crippen LogP contribution is 2.38. The fraction of sp³-hybridized carbons (Fsp3) is 0.462. The van der Waals surface area contributed by atoms with E-state index < -0.39 is 15.9 Å². The fourth-order valence-corrected chi connectivity index (χ4v) is 2.71. The summed E-state index contributed by atoms with van der Waals surface area (Å²) < 4.78 is 33.5. The Morgan fingerprint density at radius 1 is 1.29 bits per heavy atom. The number of hydrogen-bond donors (Lipinski definition) is 2. The first-order valence-corrected chi connectivity index (χ1v) is 7.87. The topological polar surface area (TPSA) is 108 Å². The van der Waals surface area contributed by atoms with Crippen molar-refractivity contribution in [2.45, 2.75) is 30.2 Å². The molecule has 0 aromatic heterocycles. The molecule has 1 aliphatic carbocycles. The van der Waals surface area contributed by atoms with Crippen LogP contribution in [0.1, 0.15) is 30.1 Å². The molecule has 1 aromatic rings. The normalized spacial score (nSPS) is 16.2. The highest BCUT2D eigenvalue weighted by Gasteiger charge is 2.40. The van der Waals surface area contributed by atoms with Crippen LogP contribution in [0.4, 0.5) is 0 Å². The maximum Gasteiger partial charge on any atom is 0.259 e. The Hall–Kier alpha value is -1.80. The number of carbonyl (C=O) groups is 1. The summed E-state index contributed by atoms with van der Waals surface area (Å²) in [7, 11) is -1.35. The van der Waals surface area contributed by atoms with Crippen molar-refractivity contribution < 1.29 is 22.7 Å². The predicted octanol–water partition coefficient (Wildman–Crippen LogP) is 0.633. The molecule has 21 heavy (non-hydrogen) atoms. The first-order valence-electron chi connectivity index (χ1n) is 6.32. The number of sulfonamides is 1. The molecule has 8 heteroatoms. The molecule has 1 amide bonds. The molecule has 3 N–H and O–H groups in total. The van der Waals surface area contributed by atoms with Crippen molar-refractivity contribution in [3.05, 3.63) is 17.7 Å². The number of rotatable bonds is 5. The minimum absolute atomic E-state index is 0.0275. The molecule has 7 nitrogen and oxygen atoms in total. The van der Waals surface area contributed by atoms with Crippen molar-refractivity contribution >= 4 is 15.9 Å². The number of ether oxygens (including phenoxy) is 2. The van der Waals surface area contributed by atoms with Crippen LogP contribution in [-0.4, -0.2) is 34.1 Å². The lowest BCUT2D eigenvalue weighted by molar-refractivity contribution is 0.0928. The molecule has 1 fully saturated rings. The summed E-state index contributed by atoms with van der Waals surface area (Å²) in [5.41, 5.74) is -0.232. The van der Waals surface area contributed by atoms with Gasteiger partial charge in [0.05, 0.1) is 14.2 Å². The van der Waals surface area contributed by atoms with Crippen LogP contribution in [0.15, 0.2) is 17.0 Å². The van der Waals surface area contributed by atoms with E-state index >= 15 is 0 Å². The van der Waals surface area contributed by atoms with Crippen LogP contribution in [0.3, 0.4) is 0 Å². The van der Waals surface area contributed by atoms with Crippen LogP contribution >= 0.6 is 0 Å². The van der Waals surface area contributed by atoms with Gasteiger partial charge in [-0.1, -0.05) is 0 Å². The zero-order valence-corrected chi connectivity index (χ0v) is 12.9. The minimum Gasteiger partial charge on any atom is -0.496 e. The van der Waals surface area contributed by atoms with Crippen LogP contribution in [-0.2, 0) is 10.0 Å². The van der Waals surface area contributed by atoms with Gasteiger partial charge < -0.3 is 14.8 Å². The van der Waals surface area contributed by atoms with E-state index in [0.717, 1.165) is 12.8 Å². The molecule has 1 saturated carbocycles. The van der Waals surface area contributed by atoms with E-state index in [1.165, 1.54) is 26.4 Å². The van der Waals surface area contributed by atoms with Gasteiger partial charge in [0, 0.05) is 5.54 Å². The Morgan fingerprint density at radius 2 is 1.90 bits per heavy atom. The molecule has 116 valence electrons. The van der Waals surface area contributed by atoms with Gasteiger partial charge in [-0.05, 0) is 31.9 Å². The molecule has 0 radical (unpaired) electrons. The van der Waals surface area contributed by atoms with Gasteiger partial charge in [0.25, 0.3) is 5.91 Å². The van der Waals surface area contributed by atoms with E-state index in [1.54, 1.807) is 0 Å². The number of hydrogen-bond acceptors (Lipinski definition) is 5. The molecular weight excluding hydrogens is 296 g/mol. The van der Waals surface area contributed by atoms with Gasteiger partial charge in [0.2, 0.25) is 10.0 Å². The SMILES string of the molecule is COc1ccc(S(N)(=O)=O)c(OC)c1C(=O)NC1(C)CC1. The van der Waals surface area contributed by atoms with Gasteiger partial charge in [-0.3, -0.25) is 4.79 Å². The molecular formula is C13H18N2O5S. The number of benzene rings is 1. The first kappa shape index (κ1) is 15.6. The first-order chi connectivity index (χ1) is 9.72. The summed E-state index contributed by atoms with van der Waals surface area (Å²) in [4.78, 5) is 12.2. The maximum atomic E-state index is 12.4. The fourth-order valence-electron chi connectivity index (χ4n) is 2.01. The Morgan fingerprint density at radius 3 is 2.33 bits per heavy atom. The minimum atomic E-state index is -4.02. The molecule has 0 spiro atoms. The predicted molar refractivity (Wildman–Crippen MR) is 76.0 cm³/mol. The smallest absolute Gasteiger partial charge is 0.259 e. The molecule has 0 unspecified atom stereocenters. The monoisotopic (exact) mass is 314 g/mol. The van der Waals surface area contributed by atoms with Gasteiger partial charge in [-0.2, -0.15) is 0 Å². The Kier molecular flexibility index (Phi) is 3.85. The third kappa shape index (κ3) is 3.11. The average molecular weight is 314 g/mol. The number of amides is 1. The summed E-state index contributed by atoms with van der Waals surface area (Å²) in [6.45, 7) is 1.91. The third-order valence-electron chi connectivity index (χ3n) is 3.46. The van der Waals surface area contributed by atoms with Crippen LogP contribution in [0.25, 0.3) is 0 Å². The number of nitrogens with one attached hydrogen (secondary N) is 1. The Labute approximate surface area is 123 Å². The lowest BCUT2D eigenvalue weighted by Crippen LogP contribution is -2.35. The molecule has 2 rings (SSSR count). The van der Waals surface area contributed by atoms with Gasteiger partial charge in [-0.25, -0.2) is 13.6 Å². The molecule has 0 bridgehead atoms. The van der Waals surface area contributed by atoms with Gasteiger partial charge in [0.1, 0.15) is 16.2 Å². The molecule has 0 saturated heterocycles. The number of primary sulfonamides is 1. The lowest BCUT2D eigenvalue weighted by atomic mass is 10.1. The van der Waals surface area contributed by atoms with Crippen molar-refractivity contribution in [1.82, 2.24) is 5.32 Å². The summed E-state index contributed by atoms with van der Waals surface area (Å²) in [5.74, 6) is -0.339. The van der Waals surface area contributed by atoms with E-state index in [2.05, 4.69) is 5.32 Å². The third-order valence-corrected chi connectivity index (χ3v) is 4.39. The average Bonchev–Trinajstić information content (AvgIpc) is 3.12. The van der Waals surface area contributed by atoms with Crippen molar-refractivity contribution in [3.8, 4) is 11.5 Å². The summed E-state index contributed by atoms with van der Waals surface area (Å²) in [5, 5.41) is 7.99. The highest BCUT2D eigenvalue weighted by atomic mass is 32.2. The van der Waals surface area contributed by atoms with Crippen LogP contribution in [0, 0.1) is 0 Å². The Balaban J connectivity index is 2.57. The van der Waals surface area contributed by atoms with E-state index in [-0.39, 0.29) is 27.5 Å². The second-order valence-corrected chi connectivity index (χ2v) is 6.76. The second kappa shape index (κ2) is 5.19.